The van der Waals surface area contributed by atoms with Crippen molar-refractivity contribution in [1.82, 2.24) is 4.72 Å². The Balaban J connectivity index is 2.21. The Bertz CT molecular complexity index is 657. The van der Waals surface area contributed by atoms with Crippen LogP contribution in [0.25, 0.3) is 0 Å². The van der Waals surface area contributed by atoms with Gasteiger partial charge in [-0.2, -0.15) is 0 Å². The first kappa shape index (κ1) is 14.0. The first-order chi connectivity index (χ1) is 8.20. The molecule has 1 aliphatic heterocycles. The van der Waals surface area contributed by atoms with Gasteiger partial charge >= 0.3 is 0 Å². The largest absolute Gasteiger partial charge is 0.241 e. The average molecular weight is 309 g/mol. The highest BCUT2D eigenvalue weighted by Crippen LogP contribution is 2.25. The van der Waals surface area contributed by atoms with Crippen LogP contribution < -0.4 is 4.72 Å². The monoisotopic (exact) mass is 309 g/mol. The molecule has 102 valence electrons. The number of nitrogens with one attached hydrogen (secondary N) is 1. The second-order valence-electron chi connectivity index (χ2n) is 4.50. The van der Waals surface area contributed by atoms with Crippen molar-refractivity contribution in [2.24, 2.45) is 0 Å². The molecule has 8 heteroatoms. The van der Waals surface area contributed by atoms with Crippen molar-refractivity contribution in [3.63, 3.8) is 0 Å². The van der Waals surface area contributed by atoms with E-state index < -0.39 is 25.9 Å². The Hall–Kier alpha value is -0.440. The van der Waals surface area contributed by atoms with Gasteiger partial charge in [0.25, 0.3) is 0 Å². The summed E-state index contributed by atoms with van der Waals surface area (Å²) < 4.78 is 49.4. The molecule has 1 aromatic heterocycles. The molecule has 2 rings (SSSR count). The predicted octanol–water partition coefficient (Wildman–Crippen LogP) is 0.830. The summed E-state index contributed by atoms with van der Waals surface area (Å²) in [6.07, 6.45) is 0.351. The fraction of sp³-hybridized carbons (Fsp3) is 0.600. The van der Waals surface area contributed by atoms with Crippen LogP contribution in [-0.2, 0) is 19.9 Å². The zero-order valence-corrected chi connectivity index (χ0v) is 12.6. The number of hydrogen-bond acceptors (Lipinski definition) is 5. The van der Waals surface area contributed by atoms with E-state index in [0.717, 1.165) is 9.75 Å². The van der Waals surface area contributed by atoms with E-state index in [1.165, 1.54) is 11.3 Å². The highest BCUT2D eigenvalue weighted by Gasteiger charge is 2.32. The van der Waals surface area contributed by atoms with Gasteiger partial charge in [-0.1, -0.05) is 0 Å². The quantitative estimate of drug-likeness (QED) is 0.897. The van der Waals surface area contributed by atoms with E-state index in [9.17, 15) is 16.8 Å². The summed E-state index contributed by atoms with van der Waals surface area (Å²) in [5.41, 5.74) is 0. The van der Waals surface area contributed by atoms with Crippen LogP contribution in [0.2, 0.25) is 0 Å². The van der Waals surface area contributed by atoms with Gasteiger partial charge in [-0.15, -0.1) is 11.3 Å². The van der Waals surface area contributed by atoms with Crippen LogP contribution in [0.3, 0.4) is 0 Å². The summed E-state index contributed by atoms with van der Waals surface area (Å²) in [5, 5.41) is 0. The zero-order valence-electron chi connectivity index (χ0n) is 10.1. The van der Waals surface area contributed by atoms with Crippen LogP contribution in [0, 0.1) is 13.8 Å². The van der Waals surface area contributed by atoms with E-state index in [2.05, 4.69) is 4.72 Å². The van der Waals surface area contributed by atoms with Gasteiger partial charge in [-0.25, -0.2) is 21.6 Å². The Morgan fingerprint density at radius 3 is 2.50 bits per heavy atom. The van der Waals surface area contributed by atoms with Crippen LogP contribution in [0.5, 0.6) is 0 Å². The molecule has 0 saturated carbocycles. The lowest BCUT2D eigenvalue weighted by molar-refractivity contribution is 0.562. The third-order valence-corrected chi connectivity index (χ3v) is 7.35. The molecule has 1 fully saturated rings. The summed E-state index contributed by atoms with van der Waals surface area (Å²) in [7, 11) is -6.69. The summed E-state index contributed by atoms with van der Waals surface area (Å²) in [4.78, 5) is 1.90. The highest BCUT2D eigenvalue weighted by molar-refractivity contribution is 7.92. The standard InChI is InChI=1S/C10H15NO4S3/c1-7-5-10(8(2)16-7)18(14,15)11-9-3-4-17(12,13)6-9/h5,9,11H,3-4,6H2,1-2H3. The van der Waals surface area contributed by atoms with Crippen molar-refractivity contribution in [3.05, 3.63) is 15.8 Å². The van der Waals surface area contributed by atoms with E-state index in [4.69, 9.17) is 0 Å². The fourth-order valence-electron chi connectivity index (χ4n) is 2.05. The molecule has 1 unspecified atom stereocenters. The molecule has 1 aromatic rings. The topological polar surface area (TPSA) is 80.3 Å². The Morgan fingerprint density at radius 1 is 1.39 bits per heavy atom. The van der Waals surface area contributed by atoms with Crippen molar-refractivity contribution in [2.75, 3.05) is 11.5 Å². The number of sulfone groups is 1. The van der Waals surface area contributed by atoms with Gasteiger partial charge in [0.1, 0.15) is 0 Å². The minimum atomic E-state index is -3.61. The number of sulfonamides is 1. The molecule has 5 nitrogen and oxygen atoms in total. The van der Waals surface area contributed by atoms with E-state index >= 15 is 0 Å². The van der Waals surface area contributed by atoms with Gasteiger partial charge in [-0.05, 0) is 26.3 Å². The van der Waals surface area contributed by atoms with E-state index in [1.807, 2.05) is 6.92 Å². The molecule has 0 aromatic carbocycles. The Kier molecular flexibility index (Phi) is 3.56. The number of hydrogen-bond donors (Lipinski definition) is 1. The third kappa shape index (κ3) is 2.93. The molecule has 0 radical (unpaired) electrons. The summed E-state index contributed by atoms with van der Waals surface area (Å²) >= 11 is 1.42. The van der Waals surface area contributed by atoms with Crippen molar-refractivity contribution in [1.29, 1.82) is 0 Å². The van der Waals surface area contributed by atoms with Crippen LogP contribution in [0.4, 0.5) is 0 Å². The minimum Gasteiger partial charge on any atom is -0.229 e. The lowest BCUT2D eigenvalue weighted by atomic mass is 10.3. The molecule has 0 bridgehead atoms. The molecule has 0 amide bonds. The van der Waals surface area contributed by atoms with Crippen molar-refractivity contribution in [3.8, 4) is 0 Å². The maximum atomic E-state index is 12.1. The SMILES string of the molecule is Cc1cc(S(=O)(=O)NC2CCS(=O)(=O)C2)c(C)s1. The molecule has 1 atom stereocenters. The van der Waals surface area contributed by atoms with Gasteiger partial charge in [0.05, 0.1) is 16.4 Å². The smallest absolute Gasteiger partial charge is 0.229 e. The normalized spacial score (nSPS) is 23.3. The lowest BCUT2D eigenvalue weighted by Crippen LogP contribution is -2.35. The molecule has 2 heterocycles. The van der Waals surface area contributed by atoms with E-state index in [0.29, 0.717) is 6.42 Å². The summed E-state index contributed by atoms with van der Waals surface area (Å²) in [5.74, 6) is -0.0454. The second-order valence-corrected chi connectivity index (χ2v) is 9.87. The second kappa shape index (κ2) is 4.59. The highest BCUT2D eigenvalue weighted by atomic mass is 32.2. The molecule has 1 saturated heterocycles. The van der Waals surface area contributed by atoms with Gasteiger partial charge in [-0.3, -0.25) is 0 Å². The van der Waals surface area contributed by atoms with Gasteiger partial charge < -0.3 is 0 Å². The number of rotatable bonds is 3. The third-order valence-electron chi connectivity index (χ3n) is 2.84. The zero-order chi connectivity index (χ0) is 13.6. The predicted molar refractivity (Wildman–Crippen MR) is 71.2 cm³/mol. The fourth-order valence-corrected chi connectivity index (χ4v) is 6.65. The number of thiophene rings is 1. The van der Waals surface area contributed by atoms with E-state index in [-0.39, 0.29) is 16.4 Å². The molecule has 1 aliphatic rings. The molecular formula is C10H15NO4S3. The molecular weight excluding hydrogens is 294 g/mol. The van der Waals surface area contributed by atoms with Crippen molar-refractivity contribution >= 4 is 31.2 Å². The summed E-state index contributed by atoms with van der Waals surface area (Å²) in [6, 6.07) is 1.12. The van der Waals surface area contributed by atoms with Gasteiger partial charge in [0, 0.05) is 15.8 Å². The van der Waals surface area contributed by atoms with Crippen LogP contribution in [-0.4, -0.2) is 34.4 Å². The Morgan fingerprint density at radius 2 is 2.06 bits per heavy atom. The van der Waals surface area contributed by atoms with Gasteiger partial charge in [0.2, 0.25) is 10.0 Å². The number of aryl methyl sites for hydroxylation is 2. The van der Waals surface area contributed by atoms with Crippen molar-refractivity contribution < 1.29 is 16.8 Å². The van der Waals surface area contributed by atoms with Crippen LogP contribution in [0.1, 0.15) is 16.2 Å². The average Bonchev–Trinajstić information content (AvgIpc) is 2.69. The van der Waals surface area contributed by atoms with Crippen molar-refractivity contribution in [2.45, 2.75) is 31.2 Å². The maximum Gasteiger partial charge on any atom is 0.241 e. The molecule has 0 aliphatic carbocycles. The summed E-state index contributed by atoms with van der Waals surface area (Å²) in [6.45, 7) is 3.59. The van der Waals surface area contributed by atoms with E-state index in [1.54, 1.807) is 13.0 Å². The van der Waals surface area contributed by atoms with Crippen LogP contribution in [0.15, 0.2) is 11.0 Å². The maximum absolute atomic E-state index is 12.1. The first-order valence-electron chi connectivity index (χ1n) is 5.49. The Labute approximate surface area is 111 Å². The lowest BCUT2D eigenvalue weighted by Gasteiger charge is -2.11. The molecule has 18 heavy (non-hydrogen) atoms. The first-order valence-corrected chi connectivity index (χ1v) is 9.61. The van der Waals surface area contributed by atoms with Gasteiger partial charge in [0.15, 0.2) is 9.84 Å². The van der Waals surface area contributed by atoms with Crippen LogP contribution >= 0.6 is 11.3 Å². The molecule has 0 spiro atoms. The minimum absolute atomic E-state index is 0.0574. The molecule has 1 N–H and O–H groups in total.